The molecule has 1 aliphatic carbocycles. The van der Waals surface area contributed by atoms with Crippen LogP contribution in [0.4, 0.5) is 0 Å². The fourth-order valence-corrected chi connectivity index (χ4v) is 3.29. The van der Waals surface area contributed by atoms with Crippen molar-refractivity contribution in [3.05, 3.63) is 17.0 Å². The van der Waals surface area contributed by atoms with Crippen molar-refractivity contribution in [1.29, 1.82) is 0 Å². The third kappa shape index (κ3) is 3.67. The van der Waals surface area contributed by atoms with E-state index in [-0.39, 0.29) is 17.7 Å². The number of hydrogen-bond acceptors (Lipinski definition) is 3. The molecular formula is C16H25N3O3. The fraction of sp³-hybridized carbons (Fsp3) is 0.688. The molecule has 6 heteroatoms. The number of H-pyrrole nitrogens is 1. The Kier molecular flexibility index (Phi) is 5.21. The molecule has 0 bridgehead atoms. The second-order valence-electron chi connectivity index (χ2n) is 6.32. The average Bonchev–Trinajstić information content (AvgIpc) is 3.08. The monoisotopic (exact) mass is 307 g/mol. The van der Waals surface area contributed by atoms with Crippen molar-refractivity contribution < 1.29 is 14.7 Å². The first kappa shape index (κ1) is 16.5. The van der Waals surface area contributed by atoms with E-state index in [1.54, 1.807) is 4.90 Å². The molecule has 1 amide bonds. The highest BCUT2D eigenvalue weighted by molar-refractivity contribution is 5.80. The van der Waals surface area contributed by atoms with E-state index in [2.05, 4.69) is 10.2 Å². The molecule has 1 aliphatic rings. The lowest BCUT2D eigenvalue weighted by Crippen LogP contribution is -2.33. The Bertz CT molecular complexity index is 533. The molecular weight excluding hydrogens is 282 g/mol. The molecule has 0 unspecified atom stereocenters. The van der Waals surface area contributed by atoms with E-state index in [4.69, 9.17) is 5.11 Å². The predicted molar refractivity (Wildman–Crippen MR) is 82.5 cm³/mol. The number of amides is 1. The molecule has 0 saturated heterocycles. The molecule has 0 radical (unpaired) electrons. The first-order chi connectivity index (χ1) is 10.4. The summed E-state index contributed by atoms with van der Waals surface area (Å²) in [5.74, 6) is -1.16. The first-order valence-corrected chi connectivity index (χ1v) is 7.88. The molecule has 0 aromatic carbocycles. The van der Waals surface area contributed by atoms with Crippen LogP contribution in [0, 0.1) is 25.7 Å². The topological polar surface area (TPSA) is 86.3 Å². The van der Waals surface area contributed by atoms with Gasteiger partial charge in [-0.05, 0) is 51.5 Å². The minimum absolute atomic E-state index is 0.0874. The number of aryl methyl sites for hydroxylation is 2. The zero-order valence-corrected chi connectivity index (χ0v) is 13.6. The van der Waals surface area contributed by atoms with Gasteiger partial charge in [-0.15, -0.1) is 0 Å². The number of aromatic nitrogens is 2. The summed E-state index contributed by atoms with van der Waals surface area (Å²) in [6.45, 7) is 4.68. The maximum atomic E-state index is 12.4. The fourth-order valence-electron chi connectivity index (χ4n) is 3.29. The second-order valence-corrected chi connectivity index (χ2v) is 6.32. The van der Waals surface area contributed by atoms with Gasteiger partial charge in [0.15, 0.2) is 0 Å². The van der Waals surface area contributed by atoms with E-state index in [0.717, 1.165) is 24.2 Å². The number of carbonyl (C=O) groups excluding carboxylic acids is 1. The van der Waals surface area contributed by atoms with Crippen molar-refractivity contribution in [2.75, 3.05) is 13.6 Å². The number of rotatable bonds is 6. The van der Waals surface area contributed by atoms with Crippen molar-refractivity contribution >= 4 is 11.9 Å². The Morgan fingerprint density at radius 3 is 2.55 bits per heavy atom. The van der Waals surface area contributed by atoms with Crippen LogP contribution in [-0.2, 0) is 16.0 Å². The van der Waals surface area contributed by atoms with Gasteiger partial charge in [0.2, 0.25) is 5.91 Å². The van der Waals surface area contributed by atoms with Gasteiger partial charge in [-0.1, -0.05) is 0 Å². The molecule has 6 nitrogen and oxygen atoms in total. The van der Waals surface area contributed by atoms with Gasteiger partial charge in [-0.3, -0.25) is 14.7 Å². The van der Waals surface area contributed by atoms with Crippen LogP contribution in [0.25, 0.3) is 0 Å². The van der Waals surface area contributed by atoms with Gasteiger partial charge in [-0.2, -0.15) is 5.10 Å². The lowest BCUT2D eigenvalue weighted by molar-refractivity contribution is -0.141. The van der Waals surface area contributed by atoms with E-state index in [0.29, 0.717) is 25.8 Å². The van der Waals surface area contributed by atoms with E-state index in [1.165, 1.54) is 5.56 Å². The molecule has 2 N–H and O–H groups in total. The highest BCUT2D eigenvalue weighted by Crippen LogP contribution is 2.32. The van der Waals surface area contributed by atoms with Crippen LogP contribution >= 0.6 is 0 Å². The summed E-state index contributed by atoms with van der Waals surface area (Å²) in [5, 5.41) is 16.2. The maximum Gasteiger partial charge on any atom is 0.306 e. The van der Waals surface area contributed by atoms with Crippen LogP contribution in [-0.4, -0.2) is 45.7 Å². The Morgan fingerprint density at radius 2 is 2.00 bits per heavy atom. The van der Waals surface area contributed by atoms with Gasteiger partial charge in [0.1, 0.15) is 0 Å². The van der Waals surface area contributed by atoms with Crippen molar-refractivity contribution in [2.45, 2.75) is 46.0 Å². The molecule has 0 aliphatic heterocycles. The first-order valence-electron chi connectivity index (χ1n) is 7.88. The highest BCUT2D eigenvalue weighted by Gasteiger charge is 2.34. The molecule has 0 spiro atoms. The zero-order chi connectivity index (χ0) is 16.3. The summed E-state index contributed by atoms with van der Waals surface area (Å²) in [5.41, 5.74) is 3.34. The molecule has 22 heavy (non-hydrogen) atoms. The third-order valence-corrected chi connectivity index (χ3v) is 4.71. The number of aromatic amines is 1. The van der Waals surface area contributed by atoms with Gasteiger partial charge in [0.05, 0.1) is 11.6 Å². The van der Waals surface area contributed by atoms with Crippen molar-refractivity contribution in [3.63, 3.8) is 0 Å². The van der Waals surface area contributed by atoms with Gasteiger partial charge in [0.25, 0.3) is 0 Å². The van der Waals surface area contributed by atoms with E-state index >= 15 is 0 Å². The van der Waals surface area contributed by atoms with E-state index in [1.807, 2.05) is 20.9 Å². The third-order valence-electron chi connectivity index (χ3n) is 4.71. The zero-order valence-electron chi connectivity index (χ0n) is 13.6. The Balaban J connectivity index is 1.79. The summed E-state index contributed by atoms with van der Waals surface area (Å²) in [7, 11) is 1.81. The summed E-state index contributed by atoms with van der Waals surface area (Å²) >= 11 is 0. The summed E-state index contributed by atoms with van der Waals surface area (Å²) in [4.78, 5) is 25.1. The lowest BCUT2D eigenvalue weighted by Gasteiger charge is -2.21. The average molecular weight is 307 g/mol. The van der Waals surface area contributed by atoms with Crippen LogP contribution in [0.1, 0.15) is 42.6 Å². The molecule has 1 saturated carbocycles. The summed E-state index contributed by atoms with van der Waals surface area (Å²) in [6.07, 6.45) is 3.58. The minimum atomic E-state index is -0.774. The summed E-state index contributed by atoms with van der Waals surface area (Å²) < 4.78 is 0. The lowest BCUT2D eigenvalue weighted by atomic mass is 10.0. The highest BCUT2D eigenvalue weighted by atomic mass is 16.4. The van der Waals surface area contributed by atoms with Gasteiger partial charge < -0.3 is 10.0 Å². The number of carbonyl (C=O) groups is 2. The normalized spacial score (nSPS) is 21.0. The number of aliphatic carboxylic acids is 1. The number of nitrogens with zero attached hydrogens (tertiary/aromatic N) is 2. The number of hydrogen-bond donors (Lipinski definition) is 2. The summed E-state index contributed by atoms with van der Waals surface area (Å²) in [6, 6.07) is 0. The molecule has 122 valence electrons. The molecule has 1 aromatic rings. The van der Waals surface area contributed by atoms with Crippen molar-refractivity contribution in [3.8, 4) is 0 Å². The largest absolute Gasteiger partial charge is 0.481 e. The van der Waals surface area contributed by atoms with E-state index < -0.39 is 5.97 Å². The van der Waals surface area contributed by atoms with Crippen LogP contribution < -0.4 is 0 Å². The Hall–Kier alpha value is -1.85. The minimum Gasteiger partial charge on any atom is -0.481 e. The van der Waals surface area contributed by atoms with Crippen molar-refractivity contribution in [2.24, 2.45) is 11.8 Å². The van der Waals surface area contributed by atoms with Crippen LogP contribution in [0.2, 0.25) is 0 Å². The standard InChI is InChI=1S/C16H25N3O3/c1-10-14(11(2)18-17-10)5-4-8-19(3)15(20)12-6-7-13(9-12)16(21)22/h12-13H,4-9H2,1-3H3,(H,17,18)(H,21,22)/t12-,13+/m0/s1. The molecule has 1 aromatic heterocycles. The predicted octanol–water partition coefficient (Wildman–Crippen LogP) is 1.92. The number of carboxylic acids is 1. The molecule has 2 rings (SSSR count). The Morgan fingerprint density at radius 1 is 1.32 bits per heavy atom. The van der Waals surface area contributed by atoms with E-state index in [9.17, 15) is 9.59 Å². The maximum absolute atomic E-state index is 12.4. The number of nitrogens with one attached hydrogen (secondary N) is 1. The van der Waals surface area contributed by atoms with Crippen LogP contribution in [0.15, 0.2) is 0 Å². The quantitative estimate of drug-likeness (QED) is 0.840. The molecule has 2 atom stereocenters. The SMILES string of the molecule is Cc1n[nH]c(C)c1CCCN(C)C(=O)[C@H]1CC[C@@H](C(=O)O)C1. The smallest absolute Gasteiger partial charge is 0.306 e. The molecule has 1 fully saturated rings. The molecule has 1 heterocycles. The van der Waals surface area contributed by atoms with Gasteiger partial charge in [-0.25, -0.2) is 0 Å². The second kappa shape index (κ2) is 6.94. The van der Waals surface area contributed by atoms with Crippen LogP contribution in [0.3, 0.4) is 0 Å². The van der Waals surface area contributed by atoms with Gasteiger partial charge in [0, 0.05) is 25.2 Å². The number of carboxylic acid groups (broad SMARTS) is 1. The van der Waals surface area contributed by atoms with Gasteiger partial charge >= 0.3 is 5.97 Å². The van der Waals surface area contributed by atoms with Crippen LogP contribution in [0.5, 0.6) is 0 Å². The Labute approximate surface area is 130 Å². The van der Waals surface area contributed by atoms with Crippen molar-refractivity contribution in [1.82, 2.24) is 15.1 Å².